The van der Waals surface area contributed by atoms with Crippen LogP contribution in [0.1, 0.15) is 34.4 Å². The zero-order valence-electron chi connectivity index (χ0n) is 16.0. The van der Waals surface area contributed by atoms with Gasteiger partial charge >= 0.3 is 0 Å². The maximum atomic E-state index is 12.6. The molecule has 3 aromatic rings. The molecule has 2 N–H and O–H groups in total. The molecule has 1 aliphatic heterocycles. The van der Waals surface area contributed by atoms with Crippen LogP contribution >= 0.6 is 11.3 Å². The number of nitrogens with one attached hydrogen (secondary N) is 2. The van der Waals surface area contributed by atoms with Crippen LogP contribution in [0.25, 0.3) is 15.9 Å². The van der Waals surface area contributed by atoms with Gasteiger partial charge in [0.1, 0.15) is 24.2 Å². The van der Waals surface area contributed by atoms with Crippen molar-refractivity contribution in [3.63, 3.8) is 0 Å². The second-order valence-electron chi connectivity index (χ2n) is 7.85. The minimum absolute atomic E-state index is 0.218. The van der Waals surface area contributed by atoms with E-state index in [0.717, 1.165) is 61.6 Å². The van der Waals surface area contributed by atoms with Crippen molar-refractivity contribution in [2.75, 3.05) is 39.4 Å². The van der Waals surface area contributed by atoms with Gasteiger partial charge < -0.3 is 15.0 Å². The number of aryl methyl sites for hydroxylation is 1. The summed E-state index contributed by atoms with van der Waals surface area (Å²) in [5, 5.41) is 8.43. The number of quaternary nitrogens is 1. The van der Waals surface area contributed by atoms with E-state index >= 15 is 0 Å². The lowest BCUT2D eigenvalue weighted by molar-refractivity contribution is -0.906. The first-order chi connectivity index (χ1) is 13.7. The molecular weight excluding hydrogens is 376 g/mol. The highest BCUT2D eigenvalue weighted by Crippen LogP contribution is 2.38. The third-order valence-electron chi connectivity index (χ3n) is 5.80. The Bertz CT molecular complexity index is 1020. The van der Waals surface area contributed by atoms with Crippen molar-refractivity contribution in [1.82, 2.24) is 24.9 Å². The summed E-state index contributed by atoms with van der Waals surface area (Å²) in [6, 6.07) is 0. The number of morpholine rings is 1. The summed E-state index contributed by atoms with van der Waals surface area (Å²) in [5.41, 5.74) is 2.10. The van der Waals surface area contributed by atoms with Crippen LogP contribution in [0.4, 0.5) is 0 Å². The van der Waals surface area contributed by atoms with Crippen LogP contribution in [0.5, 0.6) is 0 Å². The first kappa shape index (κ1) is 18.0. The van der Waals surface area contributed by atoms with Gasteiger partial charge in [0, 0.05) is 4.88 Å². The van der Waals surface area contributed by atoms with E-state index in [0.29, 0.717) is 12.5 Å². The van der Waals surface area contributed by atoms with E-state index in [-0.39, 0.29) is 11.7 Å². The molecule has 1 aliphatic carbocycles. The van der Waals surface area contributed by atoms with Gasteiger partial charge in [-0.25, -0.2) is 14.5 Å². The van der Waals surface area contributed by atoms with Gasteiger partial charge in [-0.05, 0) is 30.7 Å². The van der Waals surface area contributed by atoms with Crippen molar-refractivity contribution in [3.05, 3.63) is 22.6 Å². The maximum absolute atomic E-state index is 12.6. The highest BCUT2D eigenvalue weighted by Gasteiger charge is 2.24. The Kier molecular flexibility index (Phi) is 4.73. The van der Waals surface area contributed by atoms with Gasteiger partial charge in [-0.3, -0.25) is 4.79 Å². The number of amides is 1. The Labute approximate surface area is 166 Å². The summed E-state index contributed by atoms with van der Waals surface area (Å²) < 4.78 is 7.02. The van der Waals surface area contributed by atoms with Crippen LogP contribution in [0.3, 0.4) is 0 Å². The van der Waals surface area contributed by atoms with Gasteiger partial charge in [-0.2, -0.15) is 0 Å². The van der Waals surface area contributed by atoms with Crippen LogP contribution in [-0.4, -0.2) is 64.9 Å². The molecule has 0 bridgehead atoms. The molecule has 2 aliphatic rings. The average Bonchev–Trinajstić information content (AvgIpc) is 3.29. The second-order valence-corrected chi connectivity index (χ2v) is 8.93. The van der Waals surface area contributed by atoms with Gasteiger partial charge in [-0.15, -0.1) is 16.4 Å². The molecule has 1 atom stereocenters. The molecule has 4 heterocycles. The SMILES string of the molecule is C[C@H]1CCc2sc3ncn4nc(C(=O)NCC[NH+]5CCOCC5)nc4c3c2C1. The third-order valence-corrected chi connectivity index (χ3v) is 7.00. The number of fused-ring (bicyclic) bond motifs is 5. The van der Waals surface area contributed by atoms with E-state index in [9.17, 15) is 4.79 Å². The number of nitrogens with zero attached hydrogens (tertiary/aromatic N) is 4. The molecule has 0 aromatic carbocycles. The van der Waals surface area contributed by atoms with Crippen LogP contribution < -0.4 is 10.2 Å². The molecule has 1 fully saturated rings. The molecule has 0 spiro atoms. The van der Waals surface area contributed by atoms with Gasteiger partial charge in [-0.1, -0.05) is 6.92 Å². The molecule has 1 saturated heterocycles. The van der Waals surface area contributed by atoms with Crippen LogP contribution in [0.15, 0.2) is 6.33 Å². The maximum Gasteiger partial charge on any atom is 0.291 e. The fraction of sp³-hybridized carbons (Fsp3) is 0.579. The summed E-state index contributed by atoms with van der Waals surface area (Å²) in [6.07, 6.45) is 5.05. The number of ether oxygens (including phenoxy) is 1. The zero-order chi connectivity index (χ0) is 19.1. The topological polar surface area (TPSA) is 85.9 Å². The van der Waals surface area contributed by atoms with Gasteiger partial charge in [0.25, 0.3) is 5.91 Å². The Balaban J connectivity index is 1.37. The van der Waals surface area contributed by atoms with E-state index in [1.54, 1.807) is 22.2 Å². The van der Waals surface area contributed by atoms with Gasteiger partial charge in [0.05, 0.1) is 31.7 Å². The van der Waals surface area contributed by atoms with E-state index in [4.69, 9.17) is 4.74 Å². The first-order valence-electron chi connectivity index (χ1n) is 10.0. The second kappa shape index (κ2) is 7.38. The van der Waals surface area contributed by atoms with Crippen molar-refractivity contribution in [2.24, 2.45) is 5.92 Å². The number of hydrogen-bond donors (Lipinski definition) is 2. The lowest BCUT2D eigenvalue weighted by Gasteiger charge is -2.23. The number of hydrogen-bond acceptors (Lipinski definition) is 6. The molecule has 3 aromatic heterocycles. The highest BCUT2D eigenvalue weighted by atomic mass is 32.1. The minimum Gasteiger partial charge on any atom is -0.370 e. The number of thiophene rings is 1. The molecule has 0 unspecified atom stereocenters. The summed E-state index contributed by atoms with van der Waals surface area (Å²) in [7, 11) is 0. The third kappa shape index (κ3) is 3.27. The predicted molar refractivity (Wildman–Crippen MR) is 106 cm³/mol. The number of carbonyl (C=O) groups excluding carboxylic acids is 1. The summed E-state index contributed by atoms with van der Waals surface area (Å²) in [6.45, 7) is 7.38. The van der Waals surface area contributed by atoms with E-state index in [1.807, 2.05) is 0 Å². The molecule has 9 heteroatoms. The van der Waals surface area contributed by atoms with Crippen LogP contribution in [0.2, 0.25) is 0 Å². The fourth-order valence-electron chi connectivity index (χ4n) is 4.18. The zero-order valence-corrected chi connectivity index (χ0v) is 16.8. The van der Waals surface area contributed by atoms with Crippen LogP contribution in [0, 0.1) is 5.92 Å². The molecule has 0 saturated carbocycles. The van der Waals surface area contributed by atoms with Gasteiger partial charge in [0.15, 0.2) is 5.65 Å². The lowest BCUT2D eigenvalue weighted by Crippen LogP contribution is -3.14. The van der Waals surface area contributed by atoms with Crippen molar-refractivity contribution < 1.29 is 14.4 Å². The molecule has 148 valence electrons. The van der Waals surface area contributed by atoms with E-state index < -0.39 is 0 Å². The van der Waals surface area contributed by atoms with Gasteiger partial charge in [0.2, 0.25) is 5.82 Å². The standard InChI is InChI=1S/C19H24N6O2S/c1-12-2-3-14-13(10-12)15-17-22-16(23-25(17)11-21-19(15)28-14)18(26)20-4-5-24-6-8-27-9-7-24/h11-12H,2-10H2,1H3,(H,20,26)/p+1/t12-/m0/s1. The Morgan fingerprint density at radius 3 is 3.14 bits per heavy atom. The molecule has 5 rings (SSSR count). The number of carbonyl (C=O) groups is 1. The number of aromatic nitrogens is 4. The normalized spacial score (nSPS) is 20.5. The van der Waals surface area contributed by atoms with Crippen molar-refractivity contribution >= 4 is 33.1 Å². The largest absolute Gasteiger partial charge is 0.370 e. The van der Waals surface area contributed by atoms with Crippen molar-refractivity contribution in [2.45, 2.75) is 26.2 Å². The predicted octanol–water partition coefficient (Wildman–Crippen LogP) is 0.109. The van der Waals surface area contributed by atoms with Crippen molar-refractivity contribution in [3.8, 4) is 0 Å². The minimum atomic E-state index is -0.220. The van der Waals surface area contributed by atoms with Crippen LogP contribution in [-0.2, 0) is 17.6 Å². The average molecular weight is 402 g/mol. The Morgan fingerprint density at radius 1 is 1.43 bits per heavy atom. The quantitative estimate of drug-likeness (QED) is 0.648. The first-order valence-corrected chi connectivity index (χ1v) is 10.9. The highest BCUT2D eigenvalue weighted by molar-refractivity contribution is 7.19. The Morgan fingerprint density at radius 2 is 2.29 bits per heavy atom. The smallest absolute Gasteiger partial charge is 0.291 e. The molecule has 1 amide bonds. The molecule has 8 nitrogen and oxygen atoms in total. The Hall–Kier alpha value is -2.10. The lowest BCUT2D eigenvalue weighted by atomic mass is 9.89. The molecular formula is C19H25N6O2S+. The van der Waals surface area contributed by atoms with Crippen molar-refractivity contribution in [1.29, 1.82) is 0 Å². The molecule has 28 heavy (non-hydrogen) atoms. The fourth-order valence-corrected chi connectivity index (χ4v) is 5.36. The van der Waals surface area contributed by atoms with E-state index in [1.165, 1.54) is 21.8 Å². The van der Waals surface area contributed by atoms with E-state index in [2.05, 4.69) is 27.3 Å². The summed E-state index contributed by atoms with van der Waals surface area (Å²) >= 11 is 1.76. The monoisotopic (exact) mass is 401 g/mol. The summed E-state index contributed by atoms with van der Waals surface area (Å²) in [5.74, 6) is 0.663. The summed E-state index contributed by atoms with van der Waals surface area (Å²) in [4.78, 5) is 25.6. The molecule has 0 radical (unpaired) electrons. The number of rotatable bonds is 4.